The van der Waals surface area contributed by atoms with Crippen LogP contribution in [-0.2, 0) is 11.3 Å². The molecule has 0 aliphatic carbocycles. The SMILES string of the molecule is CC(C)(C)OC(=O)NC(COc1ccc(F)cc1CO)C(F)(F)F. The summed E-state index contributed by atoms with van der Waals surface area (Å²) in [6.07, 6.45) is -6.02. The van der Waals surface area contributed by atoms with Crippen molar-refractivity contribution in [3.8, 4) is 5.75 Å². The van der Waals surface area contributed by atoms with E-state index < -0.39 is 42.9 Å². The van der Waals surface area contributed by atoms with Crippen LogP contribution in [0.15, 0.2) is 18.2 Å². The molecule has 1 amide bonds. The molecular weight excluding hydrogens is 334 g/mol. The maximum Gasteiger partial charge on any atom is 0.412 e. The second-order valence-electron chi connectivity index (χ2n) is 5.96. The Morgan fingerprint density at radius 2 is 1.92 bits per heavy atom. The van der Waals surface area contributed by atoms with Crippen LogP contribution in [0.25, 0.3) is 0 Å². The third-order valence-electron chi connectivity index (χ3n) is 2.68. The Bertz CT molecular complexity index is 570. The summed E-state index contributed by atoms with van der Waals surface area (Å²) in [7, 11) is 0. The number of halogens is 4. The molecule has 1 aromatic carbocycles. The molecule has 1 atom stereocenters. The summed E-state index contributed by atoms with van der Waals surface area (Å²) in [5.74, 6) is -0.773. The lowest BCUT2D eigenvalue weighted by atomic mass is 10.2. The summed E-state index contributed by atoms with van der Waals surface area (Å²) in [5, 5.41) is 10.8. The highest BCUT2D eigenvalue weighted by Crippen LogP contribution is 2.24. The molecule has 0 heterocycles. The van der Waals surface area contributed by atoms with Crippen molar-refractivity contribution in [2.24, 2.45) is 0 Å². The Balaban J connectivity index is 2.80. The van der Waals surface area contributed by atoms with Crippen molar-refractivity contribution in [3.05, 3.63) is 29.6 Å². The minimum Gasteiger partial charge on any atom is -0.491 e. The first-order chi connectivity index (χ1) is 10.9. The second-order valence-corrected chi connectivity index (χ2v) is 5.96. The van der Waals surface area contributed by atoms with Crippen LogP contribution in [-0.4, -0.2) is 35.6 Å². The molecule has 0 bridgehead atoms. The van der Waals surface area contributed by atoms with Gasteiger partial charge in [0.1, 0.15) is 23.8 Å². The summed E-state index contributed by atoms with van der Waals surface area (Å²) in [4.78, 5) is 11.5. The maximum absolute atomic E-state index is 13.0. The van der Waals surface area contributed by atoms with E-state index in [9.17, 15) is 22.4 Å². The number of aliphatic hydroxyl groups is 1. The summed E-state index contributed by atoms with van der Waals surface area (Å²) in [6.45, 7) is 2.97. The van der Waals surface area contributed by atoms with Crippen molar-refractivity contribution in [1.82, 2.24) is 5.32 Å². The smallest absolute Gasteiger partial charge is 0.412 e. The molecule has 0 saturated carbocycles. The molecule has 0 saturated heterocycles. The number of carbonyl (C=O) groups excluding carboxylic acids is 1. The highest BCUT2D eigenvalue weighted by molar-refractivity contribution is 5.68. The lowest BCUT2D eigenvalue weighted by Gasteiger charge is -2.25. The lowest BCUT2D eigenvalue weighted by molar-refractivity contribution is -0.161. The molecule has 0 spiro atoms. The van der Waals surface area contributed by atoms with E-state index in [-0.39, 0.29) is 11.3 Å². The molecule has 0 fully saturated rings. The zero-order valence-electron chi connectivity index (χ0n) is 13.4. The summed E-state index contributed by atoms with van der Waals surface area (Å²) < 4.78 is 61.8. The normalized spacial score (nSPS) is 13.3. The van der Waals surface area contributed by atoms with E-state index in [1.807, 2.05) is 0 Å². The molecule has 9 heteroatoms. The van der Waals surface area contributed by atoms with Gasteiger partial charge in [-0.05, 0) is 39.0 Å². The Morgan fingerprint density at radius 1 is 1.29 bits per heavy atom. The predicted octanol–water partition coefficient (Wildman–Crippen LogP) is 3.15. The van der Waals surface area contributed by atoms with Crippen LogP contribution in [0.1, 0.15) is 26.3 Å². The minimum absolute atomic E-state index is 0.00630. The average Bonchev–Trinajstić information content (AvgIpc) is 2.41. The standard InChI is InChI=1S/C15H19F4NO4/c1-14(2,3)24-13(22)20-12(15(17,18)19)8-23-11-5-4-10(16)6-9(11)7-21/h4-6,12,21H,7-8H2,1-3H3,(H,20,22). The minimum atomic E-state index is -4.78. The third kappa shape index (κ3) is 6.61. The number of hydrogen-bond donors (Lipinski definition) is 2. The molecule has 136 valence electrons. The van der Waals surface area contributed by atoms with E-state index >= 15 is 0 Å². The van der Waals surface area contributed by atoms with Crippen molar-refractivity contribution in [3.63, 3.8) is 0 Å². The summed E-state index contributed by atoms with van der Waals surface area (Å²) >= 11 is 0. The van der Waals surface area contributed by atoms with Gasteiger partial charge in [-0.2, -0.15) is 13.2 Å². The number of aliphatic hydroxyl groups excluding tert-OH is 1. The maximum atomic E-state index is 13.0. The molecule has 0 aromatic heterocycles. The van der Waals surface area contributed by atoms with Gasteiger partial charge in [0.2, 0.25) is 0 Å². The fourth-order valence-corrected chi connectivity index (χ4v) is 1.65. The summed E-state index contributed by atoms with van der Waals surface area (Å²) in [6, 6.07) is 0.698. The first kappa shape index (κ1) is 20.0. The number of ether oxygens (including phenoxy) is 2. The number of benzene rings is 1. The van der Waals surface area contributed by atoms with Crippen molar-refractivity contribution >= 4 is 6.09 Å². The molecule has 0 radical (unpaired) electrons. The lowest BCUT2D eigenvalue weighted by Crippen LogP contribution is -2.50. The van der Waals surface area contributed by atoms with Gasteiger partial charge in [0.05, 0.1) is 6.61 Å². The van der Waals surface area contributed by atoms with Crippen molar-refractivity contribution in [2.45, 2.75) is 45.2 Å². The molecule has 0 aliphatic rings. The molecular formula is C15H19F4NO4. The molecule has 5 nitrogen and oxygen atoms in total. The number of amides is 1. The van der Waals surface area contributed by atoms with Gasteiger partial charge in [-0.3, -0.25) is 0 Å². The van der Waals surface area contributed by atoms with E-state index in [2.05, 4.69) is 0 Å². The van der Waals surface area contributed by atoms with Gasteiger partial charge in [-0.1, -0.05) is 0 Å². The predicted molar refractivity (Wildman–Crippen MR) is 77.0 cm³/mol. The topological polar surface area (TPSA) is 67.8 Å². The van der Waals surface area contributed by atoms with Crippen LogP contribution in [0.5, 0.6) is 5.75 Å². The van der Waals surface area contributed by atoms with Crippen LogP contribution in [0.4, 0.5) is 22.4 Å². The van der Waals surface area contributed by atoms with Gasteiger partial charge in [0.25, 0.3) is 0 Å². The average molecular weight is 353 g/mol. The van der Waals surface area contributed by atoms with Gasteiger partial charge in [0, 0.05) is 5.56 Å². The number of nitrogens with one attached hydrogen (secondary N) is 1. The fraction of sp³-hybridized carbons (Fsp3) is 0.533. The number of carbonyl (C=O) groups is 1. The van der Waals surface area contributed by atoms with E-state index in [0.717, 1.165) is 18.2 Å². The van der Waals surface area contributed by atoms with E-state index in [1.165, 1.54) is 20.8 Å². The number of hydrogen-bond acceptors (Lipinski definition) is 4. The van der Waals surface area contributed by atoms with E-state index in [1.54, 1.807) is 5.32 Å². The monoisotopic (exact) mass is 353 g/mol. The second kappa shape index (κ2) is 7.69. The van der Waals surface area contributed by atoms with Gasteiger partial charge >= 0.3 is 12.3 Å². The zero-order valence-corrected chi connectivity index (χ0v) is 13.4. The first-order valence-corrected chi connectivity index (χ1v) is 7.00. The fourth-order valence-electron chi connectivity index (χ4n) is 1.65. The van der Waals surface area contributed by atoms with Crippen LogP contribution in [0.2, 0.25) is 0 Å². The molecule has 1 unspecified atom stereocenters. The third-order valence-corrected chi connectivity index (χ3v) is 2.68. The Morgan fingerprint density at radius 3 is 2.42 bits per heavy atom. The van der Waals surface area contributed by atoms with Gasteiger partial charge < -0.3 is 19.9 Å². The molecule has 1 aromatic rings. The molecule has 0 aliphatic heterocycles. The summed E-state index contributed by atoms with van der Waals surface area (Å²) in [5.41, 5.74) is -0.963. The van der Waals surface area contributed by atoms with Gasteiger partial charge in [-0.25, -0.2) is 9.18 Å². The highest BCUT2D eigenvalue weighted by Gasteiger charge is 2.42. The van der Waals surface area contributed by atoms with Crippen LogP contribution < -0.4 is 10.1 Å². The van der Waals surface area contributed by atoms with Crippen LogP contribution >= 0.6 is 0 Å². The largest absolute Gasteiger partial charge is 0.491 e. The van der Waals surface area contributed by atoms with Gasteiger partial charge in [0.15, 0.2) is 6.04 Å². The van der Waals surface area contributed by atoms with Crippen molar-refractivity contribution < 1.29 is 36.9 Å². The van der Waals surface area contributed by atoms with Crippen LogP contribution in [0, 0.1) is 5.82 Å². The zero-order chi connectivity index (χ0) is 18.5. The van der Waals surface area contributed by atoms with Gasteiger partial charge in [-0.15, -0.1) is 0 Å². The molecule has 2 N–H and O–H groups in total. The Kier molecular flexibility index (Phi) is 6.42. The van der Waals surface area contributed by atoms with Crippen LogP contribution in [0.3, 0.4) is 0 Å². The first-order valence-electron chi connectivity index (χ1n) is 7.00. The Hall–Kier alpha value is -2.03. The highest BCUT2D eigenvalue weighted by atomic mass is 19.4. The number of alkyl carbamates (subject to hydrolysis) is 1. The number of rotatable bonds is 5. The Labute approximate surface area is 136 Å². The molecule has 24 heavy (non-hydrogen) atoms. The van der Waals surface area contributed by atoms with E-state index in [0.29, 0.717) is 0 Å². The quantitative estimate of drug-likeness (QED) is 0.798. The van der Waals surface area contributed by atoms with Crippen molar-refractivity contribution in [2.75, 3.05) is 6.61 Å². The molecule has 1 rings (SSSR count). The van der Waals surface area contributed by atoms with Crippen molar-refractivity contribution in [1.29, 1.82) is 0 Å². The number of alkyl halides is 3. The van der Waals surface area contributed by atoms with E-state index in [4.69, 9.17) is 14.6 Å².